The average Bonchev–Trinajstić information content (AvgIpc) is 3.21. The Morgan fingerprint density at radius 1 is 1.07 bits per heavy atom. The van der Waals surface area contributed by atoms with Gasteiger partial charge in [0.05, 0.1) is 18.4 Å². The number of esters is 1. The summed E-state index contributed by atoms with van der Waals surface area (Å²) in [6, 6.07) is 19.7. The lowest BCUT2D eigenvalue weighted by Gasteiger charge is -2.10. The molecule has 0 spiro atoms. The van der Waals surface area contributed by atoms with Crippen LogP contribution in [0.25, 0.3) is 16.5 Å². The lowest BCUT2D eigenvalue weighted by Crippen LogP contribution is -2.03. The molecule has 0 aliphatic rings. The molecule has 0 aliphatic heterocycles. The van der Waals surface area contributed by atoms with Crippen molar-refractivity contribution in [3.8, 4) is 5.69 Å². The second kappa shape index (κ2) is 7.82. The van der Waals surface area contributed by atoms with Gasteiger partial charge in [-0.05, 0) is 63.5 Å². The monoisotopic (exact) mass is 390 g/mol. The molecule has 1 heterocycles. The molecule has 28 heavy (non-hydrogen) atoms. The fraction of sp³-hybridized carbons (Fsp3) is 0.143. The summed E-state index contributed by atoms with van der Waals surface area (Å²) in [5.41, 5.74) is 3.79. The fourth-order valence-corrected chi connectivity index (χ4v) is 4.08. The third-order valence-electron chi connectivity index (χ3n) is 4.59. The highest BCUT2D eigenvalue weighted by molar-refractivity contribution is 7.98. The van der Waals surface area contributed by atoms with Crippen molar-refractivity contribution in [3.63, 3.8) is 0 Å². The van der Waals surface area contributed by atoms with Crippen LogP contribution in [0.15, 0.2) is 65.8 Å². The van der Waals surface area contributed by atoms with E-state index in [1.54, 1.807) is 40.7 Å². The molecule has 0 bridgehead atoms. The Morgan fingerprint density at radius 3 is 2.64 bits per heavy atom. The first-order valence-corrected chi connectivity index (χ1v) is 9.73. The number of hydrogen-bond donors (Lipinski definition) is 0. The zero-order valence-corrected chi connectivity index (χ0v) is 16.3. The number of hydrogen-bond acceptors (Lipinski definition) is 6. The van der Waals surface area contributed by atoms with E-state index in [-0.39, 0.29) is 5.97 Å². The number of aromatic nitrogens is 4. The van der Waals surface area contributed by atoms with Crippen LogP contribution in [-0.4, -0.2) is 33.3 Å². The number of carbonyl (C=O) groups excluding carboxylic acids is 1. The molecule has 0 fully saturated rings. The van der Waals surface area contributed by atoms with Gasteiger partial charge in [0.25, 0.3) is 0 Å². The number of fused-ring (bicyclic) bond motifs is 1. The van der Waals surface area contributed by atoms with Gasteiger partial charge in [-0.3, -0.25) is 0 Å². The minimum Gasteiger partial charge on any atom is -0.465 e. The summed E-state index contributed by atoms with van der Waals surface area (Å²) in [6.07, 6.45) is 0. The summed E-state index contributed by atoms with van der Waals surface area (Å²) in [6.45, 7) is 2.12. The van der Waals surface area contributed by atoms with Crippen molar-refractivity contribution in [2.45, 2.75) is 17.8 Å². The number of rotatable bonds is 5. The molecule has 3 aromatic carbocycles. The van der Waals surface area contributed by atoms with Crippen LogP contribution in [0.5, 0.6) is 0 Å². The zero-order chi connectivity index (χ0) is 19.5. The molecule has 4 rings (SSSR count). The number of benzene rings is 3. The highest BCUT2D eigenvalue weighted by atomic mass is 32.2. The summed E-state index contributed by atoms with van der Waals surface area (Å²) in [5.74, 6) is 0.387. The molecule has 0 saturated heterocycles. The van der Waals surface area contributed by atoms with Crippen molar-refractivity contribution in [1.29, 1.82) is 0 Å². The molecule has 0 aliphatic carbocycles. The number of ether oxygens (including phenoxy) is 1. The summed E-state index contributed by atoms with van der Waals surface area (Å²) in [4.78, 5) is 11.6. The van der Waals surface area contributed by atoms with Gasteiger partial charge in [0.15, 0.2) is 0 Å². The van der Waals surface area contributed by atoms with Crippen molar-refractivity contribution in [2.75, 3.05) is 7.11 Å². The number of tetrazole rings is 1. The Hall–Kier alpha value is -3.19. The van der Waals surface area contributed by atoms with Crippen molar-refractivity contribution < 1.29 is 9.53 Å². The van der Waals surface area contributed by atoms with Crippen molar-refractivity contribution in [3.05, 3.63) is 77.4 Å². The fourth-order valence-electron chi connectivity index (χ4n) is 3.06. The van der Waals surface area contributed by atoms with Crippen LogP contribution >= 0.6 is 11.8 Å². The van der Waals surface area contributed by atoms with Crippen LogP contribution in [0.2, 0.25) is 0 Å². The van der Waals surface area contributed by atoms with E-state index in [2.05, 4.69) is 52.8 Å². The topological polar surface area (TPSA) is 69.9 Å². The lowest BCUT2D eigenvalue weighted by atomic mass is 10.0. The van der Waals surface area contributed by atoms with E-state index in [1.807, 2.05) is 6.07 Å². The van der Waals surface area contributed by atoms with E-state index in [4.69, 9.17) is 4.74 Å². The second-order valence-electron chi connectivity index (χ2n) is 6.28. The molecule has 0 radical (unpaired) electrons. The van der Waals surface area contributed by atoms with Gasteiger partial charge in [-0.1, -0.05) is 48.2 Å². The predicted molar refractivity (Wildman–Crippen MR) is 109 cm³/mol. The molecule has 0 unspecified atom stereocenters. The molecule has 7 heteroatoms. The normalized spacial score (nSPS) is 10.9. The van der Waals surface area contributed by atoms with E-state index in [0.29, 0.717) is 10.7 Å². The summed E-state index contributed by atoms with van der Waals surface area (Å²) in [7, 11) is 1.36. The highest BCUT2D eigenvalue weighted by Crippen LogP contribution is 2.29. The second-order valence-corrected chi connectivity index (χ2v) is 7.23. The van der Waals surface area contributed by atoms with Gasteiger partial charge in [-0.15, -0.1) is 5.10 Å². The lowest BCUT2D eigenvalue weighted by molar-refractivity contribution is 0.0600. The van der Waals surface area contributed by atoms with Crippen LogP contribution in [0.4, 0.5) is 0 Å². The number of methoxy groups -OCH3 is 1. The number of nitrogens with zero attached hydrogens (tertiary/aromatic N) is 4. The quantitative estimate of drug-likeness (QED) is 0.376. The predicted octanol–water partition coefficient (Wildman–Crippen LogP) is 4.20. The molecule has 0 amide bonds. The third-order valence-corrected chi connectivity index (χ3v) is 5.54. The molecule has 0 atom stereocenters. The van der Waals surface area contributed by atoms with Gasteiger partial charge < -0.3 is 4.74 Å². The third kappa shape index (κ3) is 3.48. The molecule has 6 nitrogen and oxygen atoms in total. The Balaban J connectivity index is 1.59. The molecular formula is C21H18N4O2S. The van der Waals surface area contributed by atoms with Crippen molar-refractivity contribution in [2.24, 2.45) is 0 Å². The smallest absolute Gasteiger partial charge is 0.337 e. The van der Waals surface area contributed by atoms with E-state index in [1.165, 1.54) is 29.0 Å². The Kier molecular flexibility index (Phi) is 5.08. The van der Waals surface area contributed by atoms with Gasteiger partial charge >= 0.3 is 5.97 Å². The maximum atomic E-state index is 11.6. The molecule has 0 saturated carbocycles. The first kappa shape index (κ1) is 18.2. The first-order valence-electron chi connectivity index (χ1n) is 8.74. The molecule has 140 valence electrons. The maximum absolute atomic E-state index is 11.6. The minimum atomic E-state index is -0.371. The zero-order valence-electron chi connectivity index (χ0n) is 15.5. The SMILES string of the molecule is COC(=O)c1ccc(-n2nnnc2SCc2c(C)ccc3ccccc23)cc1. The molecule has 1 aromatic heterocycles. The van der Waals surface area contributed by atoms with Crippen LogP contribution < -0.4 is 0 Å². The van der Waals surface area contributed by atoms with Crippen molar-refractivity contribution in [1.82, 2.24) is 20.2 Å². The van der Waals surface area contributed by atoms with E-state index < -0.39 is 0 Å². The van der Waals surface area contributed by atoms with Crippen LogP contribution in [0, 0.1) is 6.92 Å². The Labute approximate surface area is 166 Å². The van der Waals surface area contributed by atoms with Gasteiger partial charge in [0.2, 0.25) is 5.16 Å². The number of thioether (sulfide) groups is 1. The summed E-state index contributed by atoms with van der Waals surface area (Å²) < 4.78 is 6.41. The number of carbonyl (C=O) groups is 1. The van der Waals surface area contributed by atoms with Crippen molar-refractivity contribution >= 4 is 28.5 Å². The van der Waals surface area contributed by atoms with Crippen LogP contribution in [-0.2, 0) is 10.5 Å². The Bertz CT molecular complexity index is 1140. The first-order chi connectivity index (χ1) is 13.7. The number of aryl methyl sites for hydroxylation is 1. The van der Waals surface area contributed by atoms with Gasteiger partial charge in [0.1, 0.15) is 0 Å². The summed E-state index contributed by atoms with van der Waals surface area (Å²) >= 11 is 1.58. The molecule has 4 aromatic rings. The molecular weight excluding hydrogens is 372 g/mol. The van der Waals surface area contributed by atoms with E-state index >= 15 is 0 Å². The van der Waals surface area contributed by atoms with Gasteiger partial charge in [0, 0.05) is 5.75 Å². The van der Waals surface area contributed by atoms with E-state index in [9.17, 15) is 4.79 Å². The highest BCUT2D eigenvalue weighted by Gasteiger charge is 2.13. The average molecular weight is 390 g/mol. The van der Waals surface area contributed by atoms with Crippen LogP contribution in [0.1, 0.15) is 21.5 Å². The minimum absolute atomic E-state index is 0.371. The molecule has 0 N–H and O–H groups in total. The van der Waals surface area contributed by atoms with Gasteiger partial charge in [-0.25, -0.2) is 4.79 Å². The van der Waals surface area contributed by atoms with Crippen LogP contribution in [0.3, 0.4) is 0 Å². The maximum Gasteiger partial charge on any atom is 0.337 e. The largest absolute Gasteiger partial charge is 0.465 e. The van der Waals surface area contributed by atoms with E-state index in [0.717, 1.165) is 11.4 Å². The Morgan fingerprint density at radius 2 is 1.86 bits per heavy atom. The standard InChI is InChI=1S/C21H18N4O2S/c1-14-7-8-15-5-3-4-6-18(15)19(14)13-28-21-22-23-24-25(21)17-11-9-16(10-12-17)20(26)27-2/h3-12H,13H2,1-2H3. The summed E-state index contributed by atoms with van der Waals surface area (Å²) in [5, 5.41) is 15.2. The van der Waals surface area contributed by atoms with Gasteiger partial charge in [-0.2, -0.15) is 4.68 Å².